The van der Waals surface area contributed by atoms with E-state index < -0.39 is 12.0 Å². The summed E-state index contributed by atoms with van der Waals surface area (Å²) in [7, 11) is 1.59. The van der Waals surface area contributed by atoms with Crippen molar-refractivity contribution in [1.82, 2.24) is 9.13 Å². The van der Waals surface area contributed by atoms with Crippen molar-refractivity contribution in [3.8, 4) is 5.75 Å². The molecule has 0 spiro atoms. The largest absolute Gasteiger partial charge is 0.497 e. The van der Waals surface area contributed by atoms with Crippen LogP contribution in [0.5, 0.6) is 5.75 Å². The van der Waals surface area contributed by atoms with Crippen LogP contribution in [0.25, 0.3) is 22.7 Å². The number of esters is 1. The van der Waals surface area contributed by atoms with Crippen molar-refractivity contribution in [2.45, 2.75) is 19.5 Å². The van der Waals surface area contributed by atoms with Gasteiger partial charge in [0.1, 0.15) is 5.75 Å². The number of hydrogen-bond donors (Lipinski definition) is 0. The normalized spacial score (nSPS) is 14.6. The Balaban J connectivity index is 1.43. The number of para-hydroxylation sites is 1. The van der Waals surface area contributed by atoms with Gasteiger partial charge in [0.15, 0.2) is 4.80 Å². The van der Waals surface area contributed by atoms with Gasteiger partial charge in [0, 0.05) is 34.8 Å². The molecule has 10 heteroatoms. The third-order valence-electron chi connectivity index (χ3n) is 8.25. The number of carbonyl (C=O) groups is 1. The fourth-order valence-electron chi connectivity index (χ4n) is 6.04. The fourth-order valence-corrected chi connectivity index (χ4v) is 7.35. The number of methoxy groups -OCH3 is 1. The molecule has 7 rings (SSSR count). The second kappa shape index (κ2) is 13.3. The summed E-state index contributed by atoms with van der Waals surface area (Å²) < 4.78 is 15.2. The highest BCUT2D eigenvalue weighted by atomic mass is 35.5. The average Bonchev–Trinajstić information content (AvgIpc) is 3.62. The summed E-state index contributed by atoms with van der Waals surface area (Å²) in [5.74, 6) is 0.133. The smallest absolute Gasteiger partial charge is 0.338 e. The van der Waals surface area contributed by atoms with Gasteiger partial charge in [-0.1, -0.05) is 101 Å². The highest BCUT2D eigenvalue weighted by Gasteiger charge is 2.35. The number of halogens is 2. The van der Waals surface area contributed by atoms with E-state index in [4.69, 9.17) is 37.7 Å². The van der Waals surface area contributed by atoms with E-state index in [1.54, 1.807) is 24.7 Å². The van der Waals surface area contributed by atoms with Crippen LogP contribution in [-0.2, 0) is 16.1 Å². The Hall–Kier alpha value is -4.89. The van der Waals surface area contributed by atoms with Gasteiger partial charge in [0.25, 0.3) is 5.56 Å². The minimum Gasteiger partial charge on any atom is -0.497 e. The molecule has 48 heavy (non-hydrogen) atoms. The van der Waals surface area contributed by atoms with E-state index >= 15 is 0 Å². The van der Waals surface area contributed by atoms with E-state index in [1.807, 2.05) is 103 Å². The molecule has 0 fully saturated rings. The molecule has 1 aliphatic rings. The van der Waals surface area contributed by atoms with E-state index in [2.05, 4.69) is 4.57 Å². The third-order valence-corrected chi connectivity index (χ3v) is 9.97. The molecule has 0 aliphatic carbocycles. The molecule has 240 valence electrons. The third kappa shape index (κ3) is 5.87. The van der Waals surface area contributed by atoms with Crippen LogP contribution in [0.1, 0.15) is 35.2 Å². The van der Waals surface area contributed by atoms with Gasteiger partial charge >= 0.3 is 5.97 Å². The first-order valence-electron chi connectivity index (χ1n) is 15.3. The van der Waals surface area contributed by atoms with E-state index in [0.717, 1.165) is 33.2 Å². The monoisotopic (exact) mass is 693 g/mol. The molecule has 0 bridgehead atoms. The lowest BCUT2D eigenvalue weighted by Crippen LogP contribution is -2.40. The van der Waals surface area contributed by atoms with Gasteiger partial charge in [-0.05, 0) is 54.5 Å². The van der Waals surface area contributed by atoms with Crippen LogP contribution >= 0.6 is 34.5 Å². The van der Waals surface area contributed by atoms with Crippen molar-refractivity contribution in [3.05, 3.63) is 161 Å². The molecule has 6 aromatic rings. The second-order valence-electron chi connectivity index (χ2n) is 11.2. The SMILES string of the molecule is CCOC(=O)C1=C(c2ccccc2)N=c2s/c(=C/c3cn(Cc4ccc(Cl)c(Cl)c4)c4ccccc34)c(=O)n2[C@H]1c1ccc(OC)cc1. The van der Waals surface area contributed by atoms with Crippen LogP contribution in [-0.4, -0.2) is 28.8 Å². The summed E-state index contributed by atoms with van der Waals surface area (Å²) in [6.45, 7) is 2.50. The van der Waals surface area contributed by atoms with Gasteiger partial charge in [-0.3, -0.25) is 9.36 Å². The van der Waals surface area contributed by atoms with Crippen LogP contribution in [0.2, 0.25) is 10.0 Å². The Morgan fingerprint density at radius 2 is 1.71 bits per heavy atom. The van der Waals surface area contributed by atoms with Gasteiger partial charge in [0.05, 0.1) is 45.6 Å². The molecule has 4 aromatic carbocycles. The lowest BCUT2D eigenvalue weighted by Gasteiger charge is -2.26. The molecule has 3 heterocycles. The minimum atomic E-state index is -0.778. The maximum Gasteiger partial charge on any atom is 0.338 e. The first-order chi connectivity index (χ1) is 23.4. The summed E-state index contributed by atoms with van der Waals surface area (Å²) in [6, 6.07) is 29.7. The Kier molecular flexibility index (Phi) is 8.79. The molecular formula is C38H29Cl2N3O4S. The number of benzene rings is 4. The summed E-state index contributed by atoms with van der Waals surface area (Å²) in [5.41, 5.74) is 4.88. The molecular weight excluding hydrogens is 665 g/mol. The maximum absolute atomic E-state index is 14.4. The number of rotatable bonds is 8. The van der Waals surface area contributed by atoms with E-state index in [1.165, 1.54) is 11.3 Å². The van der Waals surface area contributed by atoms with Crippen LogP contribution < -0.4 is 19.6 Å². The maximum atomic E-state index is 14.4. The Bertz CT molecular complexity index is 2390. The first-order valence-corrected chi connectivity index (χ1v) is 16.9. The minimum absolute atomic E-state index is 0.177. The van der Waals surface area contributed by atoms with Crippen LogP contribution in [0.3, 0.4) is 0 Å². The fraction of sp³-hybridized carbons (Fsp3) is 0.132. The quantitative estimate of drug-likeness (QED) is 0.157. The van der Waals surface area contributed by atoms with Crippen LogP contribution in [0.4, 0.5) is 0 Å². The number of carbonyl (C=O) groups excluding carboxylic acids is 1. The summed E-state index contributed by atoms with van der Waals surface area (Å²) in [4.78, 5) is 33.6. The summed E-state index contributed by atoms with van der Waals surface area (Å²) in [5, 5.41) is 1.99. The van der Waals surface area contributed by atoms with E-state index in [-0.39, 0.29) is 12.2 Å². The highest BCUT2D eigenvalue weighted by Crippen LogP contribution is 2.36. The molecule has 7 nitrogen and oxygen atoms in total. The average molecular weight is 695 g/mol. The lowest BCUT2D eigenvalue weighted by molar-refractivity contribution is -0.138. The standard InChI is InChI=1S/C38H29Cl2N3O4S/c1-3-47-37(45)33-34(24-9-5-4-6-10-24)41-38-43(35(33)25-14-16-27(46-2)17-15-25)36(44)32(48-38)20-26-22-42(31-12-8-7-11-28(26)31)21-23-13-18-29(39)30(40)19-23/h4-20,22,35H,3,21H2,1-2H3/b32-20+/t35-/m0/s1. The topological polar surface area (TPSA) is 74.8 Å². The van der Waals surface area contributed by atoms with Crippen LogP contribution in [0.15, 0.2) is 119 Å². The molecule has 0 N–H and O–H groups in total. The van der Waals surface area contributed by atoms with Crippen molar-refractivity contribution in [2.24, 2.45) is 4.99 Å². The number of fused-ring (bicyclic) bond motifs is 2. The highest BCUT2D eigenvalue weighted by molar-refractivity contribution is 7.07. The van der Waals surface area contributed by atoms with Gasteiger partial charge in [0.2, 0.25) is 0 Å². The Labute approximate surface area is 290 Å². The zero-order valence-electron chi connectivity index (χ0n) is 26.0. The van der Waals surface area contributed by atoms with Gasteiger partial charge in [-0.15, -0.1) is 0 Å². The number of aromatic nitrogens is 2. The predicted octanol–water partition coefficient (Wildman–Crippen LogP) is 7.25. The molecule has 0 amide bonds. The number of ether oxygens (including phenoxy) is 2. The molecule has 0 radical (unpaired) electrons. The zero-order valence-corrected chi connectivity index (χ0v) is 28.4. The molecule has 1 aliphatic heterocycles. The van der Waals surface area contributed by atoms with Crippen molar-refractivity contribution < 1.29 is 14.3 Å². The van der Waals surface area contributed by atoms with E-state index in [0.29, 0.717) is 42.9 Å². The first kappa shape index (κ1) is 31.7. The molecule has 1 atom stereocenters. The lowest BCUT2D eigenvalue weighted by atomic mass is 9.93. The predicted molar refractivity (Wildman–Crippen MR) is 192 cm³/mol. The molecule has 0 saturated carbocycles. The Morgan fingerprint density at radius 3 is 2.44 bits per heavy atom. The molecule has 0 unspecified atom stereocenters. The summed E-state index contributed by atoms with van der Waals surface area (Å²) >= 11 is 13.8. The number of nitrogens with zero attached hydrogens (tertiary/aromatic N) is 3. The van der Waals surface area contributed by atoms with Crippen molar-refractivity contribution >= 4 is 63.2 Å². The van der Waals surface area contributed by atoms with Crippen molar-refractivity contribution in [3.63, 3.8) is 0 Å². The van der Waals surface area contributed by atoms with Gasteiger partial charge in [-0.25, -0.2) is 9.79 Å². The Morgan fingerprint density at radius 1 is 0.958 bits per heavy atom. The van der Waals surface area contributed by atoms with Crippen molar-refractivity contribution in [2.75, 3.05) is 13.7 Å². The van der Waals surface area contributed by atoms with Gasteiger partial charge in [-0.2, -0.15) is 0 Å². The van der Waals surface area contributed by atoms with E-state index in [9.17, 15) is 9.59 Å². The number of hydrogen-bond acceptors (Lipinski definition) is 6. The van der Waals surface area contributed by atoms with Crippen LogP contribution in [0, 0.1) is 0 Å². The molecule has 2 aromatic heterocycles. The second-order valence-corrected chi connectivity index (χ2v) is 13.0. The zero-order chi connectivity index (χ0) is 33.4. The molecule has 0 saturated heterocycles. The summed E-state index contributed by atoms with van der Waals surface area (Å²) in [6.07, 6.45) is 3.94. The van der Waals surface area contributed by atoms with Gasteiger partial charge < -0.3 is 14.0 Å². The van der Waals surface area contributed by atoms with Crippen molar-refractivity contribution in [1.29, 1.82) is 0 Å². The number of thiazole rings is 1.